The molecule has 0 atom stereocenters. The fourth-order valence-electron chi connectivity index (χ4n) is 1.50. The number of aromatic nitrogens is 2. The van der Waals surface area contributed by atoms with Crippen molar-refractivity contribution in [1.82, 2.24) is 10.1 Å². The molecule has 5 nitrogen and oxygen atoms in total. The molecule has 98 valence electrons. The van der Waals surface area contributed by atoms with Gasteiger partial charge < -0.3 is 9.26 Å². The second kappa shape index (κ2) is 5.96. The highest BCUT2D eigenvalue weighted by atomic mass is 19.1. The third-order valence-corrected chi connectivity index (χ3v) is 2.41. The van der Waals surface area contributed by atoms with Gasteiger partial charge in [0.15, 0.2) is 12.4 Å². The fourth-order valence-corrected chi connectivity index (χ4v) is 1.50. The van der Waals surface area contributed by atoms with Crippen LogP contribution in [0.1, 0.15) is 30.6 Å². The smallest absolute Gasteiger partial charge is 0.264 e. The summed E-state index contributed by atoms with van der Waals surface area (Å²) in [4.78, 5) is 4.12. The first-order chi connectivity index (χ1) is 9.22. The standard InChI is InChI=1S/C13H12FN3O2/c1-2-3-12-16-13(19-17-12)8-18-10-5-4-9(7-15)11(14)6-10/h4-6H,2-3,8H2,1H3. The normalized spacial score (nSPS) is 10.2. The lowest BCUT2D eigenvalue weighted by atomic mass is 10.2. The lowest BCUT2D eigenvalue weighted by molar-refractivity contribution is 0.241. The van der Waals surface area contributed by atoms with Gasteiger partial charge in [-0.2, -0.15) is 10.2 Å². The molecule has 0 unspecified atom stereocenters. The molecule has 0 aliphatic rings. The van der Waals surface area contributed by atoms with Gasteiger partial charge in [0.1, 0.15) is 17.6 Å². The molecule has 0 bridgehead atoms. The Labute approximate surface area is 109 Å². The van der Waals surface area contributed by atoms with E-state index in [9.17, 15) is 4.39 Å². The predicted octanol–water partition coefficient (Wildman–Crippen LogP) is 2.61. The SMILES string of the molecule is CCCc1noc(COc2ccc(C#N)c(F)c2)n1. The van der Waals surface area contributed by atoms with Crippen LogP contribution in [-0.4, -0.2) is 10.1 Å². The van der Waals surface area contributed by atoms with Gasteiger partial charge >= 0.3 is 0 Å². The van der Waals surface area contributed by atoms with Crippen LogP contribution in [0.2, 0.25) is 0 Å². The summed E-state index contributed by atoms with van der Waals surface area (Å²) in [6.45, 7) is 2.09. The minimum atomic E-state index is -0.614. The van der Waals surface area contributed by atoms with Gasteiger partial charge in [-0.1, -0.05) is 12.1 Å². The van der Waals surface area contributed by atoms with Crippen LogP contribution in [0.25, 0.3) is 0 Å². The average molecular weight is 261 g/mol. The minimum Gasteiger partial charge on any atom is -0.484 e. The molecule has 19 heavy (non-hydrogen) atoms. The van der Waals surface area contributed by atoms with E-state index in [-0.39, 0.29) is 12.2 Å². The number of nitriles is 1. The van der Waals surface area contributed by atoms with Gasteiger partial charge in [-0.3, -0.25) is 0 Å². The Balaban J connectivity index is 1.98. The largest absolute Gasteiger partial charge is 0.484 e. The zero-order chi connectivity index (χ0) is 13.7. The summed E-state index contributed by atoms with van der Waals surface area (Å²) in [5.74, 6) is 0.671. The zero-order valence-corrected chi connectivity index (χ0v) is 10.4. The van der Waals surface area contributed by atoms with Crippen molar-refractivity contribution in [1.29, 1.82) is 5.26 Å². The van der Waals surface area contributed by atoms with Gasteiger partial charge in [-0.15, -0.1) is 0 Å². The molecule has 0 N–H and O–H groups in total. The van der Waals surface area contributed by atoms with Gasteiger partial charge in [-0.25, -0.2) is 4.39 Å². The number of hydrogen-bond donors (Lipinski definition) is 0. The molecule has 0 saturated heterocycles. The molecule has 2 rings (SSSR count). The molecular formula is C13H12FN3O2. The maximum Gasteiger partial charge on any atom is 0.264 e. The molecule has 1 aromatic carbocycles. The van der Waals surface area contributed by atoms with Crippen molar-refractivity contribution in [3.8, 4) is 11.8 Å². The van der Waals surface area contributed by atoms with Gasteiger partial charge in [0.05, 0.1) is 5.56 Å². The van der Waals surface area contributed by atoms with Crippen molar-refractivity contribution in [2.45, 2.75) is 26.4 Å². The molecule has 1 heterocycles. The molecule has 0 saturated carbocycles. The van der Waals surface area contributed by atoms with Crippen LogP contribution in [-0.2, 0) is 13.0 Å². The summed E-state index contributed by atoms with van der Waals surface area (Å²) >= 11 is 0. The quantitative estimate of drug-likeness (QED) is 0.827. The maximum atomic E-state index is 13.3. The molecule has 1 aromatic heterocycles. The second-order valence-corrected chi connectivity index (χ2v) is 3.90. The lowest BCUT2D eigenvalue weighted by Crippen LogP contribution is -1.97. The molecule has 0 radical (unpaired) electrons. The van der Waals surface area contributed by atoms with Crippen LogP contribution in [0, 0.1) is 17.1 Å². The number of ether oxygens (including phenoxy) is 1. The number of benzene rings is 1. The van der Waals surface area contributed by atoms with E-state index in [0.29, 0.717) is 17.5 Å². The maximum absolute atomic E-state index is 13.3. The molecular weight excluding hydrogens is 249 g/mol. The van der Waals surface area contributed by atoms with Crippen LogP contribution in [0.5, 0.6) is 5.75 Å². The highest BCUT2D eigenvalue weighted by molar-refractivity contribution is 5.36. The topological polar surface area (TPSA) is 71.9 Å². The minimum absolute atomic E-state index is 0.0182. The van der Waals surface area contributed by atoms with Crippen molar-refractivity contribution in [2.24, 2.45) is 0 Å². The number of rotatable bonds is 5. The van der Waals surface area contributed by atoms with Gasteiger partial charge in [0.2, 0.25) is 0 Å². The predicted molar refractivity (Wildman–Crippen MR) is 63.7 cm³/mol. The first-order valence-corrected chi connectivity index (χ1v) is 5.87. The van der Waals surface area contributed by atoms with E-state index in [1.807, 2.05) is 6.92 Å². The molecule has 0 aliphatic heterocycles. The highest BCUT2D eigenvalue weighted by Gasteiger charge is 2.08. The van der Waals surface area contributed by atoms with Crippen LogP contribution in [0.4, 0.5) is 4.39 Å². The average Bonchev–Trinajstić information content (AvgIpc) is 2.85. The second-order valence-electron chi connectivity index (χ2n) is 3.90. The molecule has 0 aliphatic carbocycles. The summed E-state index contributed by atoms with van der Waals surface area (Å²) in [6, 6.07) is 5.78. The van der Waals surface area contributed by atoms with E-state index in [1.54, 1.807) is 6.07 Å². The van der Waals surface area contributed by atoms with Crippen LogP contribution in [0.3, 0.4) is 0 Å². The third kappa shape index (κ3) is 3.28. The van der Waals surface area contributed by atoms with Crippen LogP contribution in [0.15, 0.2) is 22.7 Å². The summed E-state index contributed by atoms with van der Waals surface area (Å²) in [5, 5.41) is 12.4. The van der Waals surface area contributed by atoms with Gasteiger partial charge in [0.25, 0.3) is 5.89 Å². The lowest BCUT2D eigenvalue weighted by Gasteiger charge is -2.03. The Morgan fingerprint density at radius 1 is 1.47 bits per heavy atom. The Bertz CT molecular complexity index is 604. The molecule has 2 aromatic rings. The number of nitrogens with zero attached hydrogens (tertiary/aromatic N) is 3. The van der Waals surface area contributed by atoms with Crippen LogP contribution >= 0.6 is 0 Å². The van der Waals surface area contributed by atoms with E-state index in [2.05, 4.69) is 10.1 Å². The summed E-state index contributed by atoms with van der Waals surface area (Å²) in [6.07, 6.45) is 1.68. The highest BCUT2D eigenvalue weighted by Crippen LogP contribution is 2.17. The van der Waals surface area contributed by atoms with E-state index in [1.165, 1.54) is 12.1 Å². The number of halogens is 1. The van der Waals surface area contributed by atoms with E-state index in [0.717, 1.165) is 18.9 Å². The van der Waals surface area contributed by atoms with Crippen molar-refractivity contribution < 1.29 is 13.7 Å². The molecule has 0 spiro atoms. The Morgan fingerprint density at radius 2 is 2.32 bits per heavy atom. The van der Waals surface area contributed by atoms with Crippen molar-refractivity contribution >= 4 is 0 Å². The molecule has 0 amide bonds. The van der Waals surface area contributed by atoms with Gasteiger partial charge in [0, 0.05) is 12.5 Å². The van der Waals surface area contributed by atoms with E-state index >= 15 is 0 Å². The number of aryl methyl sites for hydroxylation is 1. The Hall–Kier alpha value is -2.42. The third-order valence-electron chi connectivity index (χ3n) is 2.41. The van der Waals surface area contributed by atoms with Crippen LogP contribution < -0.4 is 4.74 Å². The zero-order valence-electron chi connectivity index (χ0n) is 10.4. The van der Waals surface area contributed by atoms with Crippen molar-refractivity contribution in [3.63, 3.8) is 0 Å². The van der Waals surface area contributed by atoms with E-state index in [4.69, 9.17) is 14.5 Å². The first-order valence-electron chi connectivity index (χ1n) is 5.87. The Kier molecular flexibility index (Phi) is 4.08. The summed E-state index contributed by atoms with van der Waals surface area (Å²) < 4.78 is 23.6. The summed E-state index contributed by atoms with van der Waals surface area (Å²) in [5.41, 5.74) is -0.0182. The van der Waals surface area contributed by atoms with Crippen molar-refractivity contribution in [3.05, 3.63) is 41.3 Å². The number of hydrogen-bond acceptors (Lipinski definition) is 5. The van der Waals surface area contributed by atoms with E-state index < -0.39 is 5.82 Å². The summed E-state index contributed by atoms with van der Waals surface area (Å²) in [7, 11) is 0. The van der Waals surface area contributed by atoms with Gasteiger partial charge in [-0.05, 0) is 18.6 Å². The molecule has 0 fully saturated rings. The Morgan fingerprint density at radius 3 is 3.00 bits per heavy atom. The monoisotopic (exact) mass is 261 g/mol. The fraction of sp³-hybridized carbons (Fsp3) is 0.308. The first kappa shape index (κ1) is 13.0. The van der Waals surface area contributed by atoms with Crippen molar-refractivity contribution in [2.75, 3.05) is 0 Å². The molecule has 6 heteroatoms.